The molecule has 0 saturated carbocycles. The highest BCUT2D eigenvalue weighted by Crippen LogP contribution is 2.22. The zero-order chi connectivity index (χ0) is 13.3. The summed E-state index contributed by atoms with van der Waals surface area (Å²) >= 11 is 0.741. The van der Waals surface area contributed by atoms with E-state index in [0.29, 0.717) is 0 Å². The van der Waals surface area contributed by atoms with Gasteiger partial charge in [-0.15, -0.1) is 11.3 Å². The fourth-order valence-corrected chi connectivity index (χ4v) is 3.41. The normalized spacial score (nSPS) is 11.4. The van der Waals surface area contributed by atoms with Crippen molar-refractivity contribution < 1.29 is 18.3 Å². The highest BCUT2D eigenvalue weighted by Gasteiger charge is 2.26. The van der Waals surface area contributed by atoms with Crippen LogP contribution in [0.15, 0.2) is 22.1 Å². The Morgan fingerprint density at radius 2 is 2.28 bits per heavy atom. The molecular weight excluding hydrogens is 280 g/mol. The quantitative estimate of drug-likeness (QED) is 0.840. The summed E-state index contributed by atoms with van der Waals surface area (Å²) in [4.78, 5) is 14.3. The van der Waals surface area contributed by atoms with Crippen LogP contribution in [-0.2, 0) is 17.1 Å². The molecule has 0 saturated heterocycles. The number of nitrogens with one attached hydrogen (secondary N) is 1. The summed E-state index contributed by atoms with van der Waals surface area (Å²) in [5.74, 6) is -1.39. The van der Waals surface area contributed by atoms with Gasteiger partial charge >= 0.3 is 5.97 Å². The fraction of sp³-hybridized carbons (Fsp3) is 0.125. The number of carboxylic acid groups (broad SMARTS) is 1. The number of anilines is 1. The molecule has 18 heavy (non-hydrogen) atoms. The Morgan fingerprint density at radius 1 is 1.56 bits per heavy atom. The van der Waals surface area contributed by atoms with Crippen LogP contribution < -0.4 is 4.72 Å². The van der Waals surface area contributed by atoms with Gasteiger partial charge in [-0.25, -0.2) is 18.2 Å². The second kappa shape index (κ2) is 4.38. The molecule has 2 aromatic rings. The highest BCUT2D eigenvalue weighted by molar-refractivity contribution is 7.94. The third kappa shape index (κ3) is 2.33. The number of carboxylic acids is 1. The van der Waals surface area contributed by atoms with Crippen LogP contribution in [0.25, 0.3) is 0 Å². The van der Waals surface area contributed by atoms with E-state index < -0.39 is 21.7 Å². The molecule has 0 spiro atoms. The van der Waals surface area contributed by atoms with Gasteiger partial charge in [-0.05, 0) is 0 Å². The first-order valence-corrected chi connectivity index (χ1v) is 6.94. The summed E-state index contributed by atoms with van der Waals surface area (Å²) in [5, 5.41) is 12.6. The molecule has 2 rings (SSSR count). The van der Waals surface area contributed by atoms with E-state index in [4.69, 9.17) is 5.11 Å². The Balaban J connectivity index is 2.37. The molecule has 0 radical (unpaired) electrons. The number of sulfonamides is 1. The number of hydrogen-bond acceptors (Lipinski definition) is 6. The van der Waals surface area contributed by atoms with Gasteiger partial charge in [0.15, 0.2) is 9.90 Å². The molecular formula is C8H8N4O4S2. The molecule has 96 valence electrons. The highest BCUT2D eigenvalue weighted by atomic mass is 32.2. The molecule has 8 nitrogen and oxygen atoms in total. The zero-order valence-corrected chi connectivity index (χ0v) is 10.7. The number of aryl methyl sites for hydroxylation is 1. The van der Waals surface area contributed by atoms with Crippen molar-refractivity contribution in [1.82, 2.24) is 14.8 Å². The van der Waals surface area contributed by atoms with E-state index in [9.17, 15) is 13.2 Å². The molecule has 2 N–H and O–H groups in total. The summed E-state index contributed by atoms with van der Waals surface area (Å²) in [6.45, 7) is 0. The monoisotopic (exact) mass is 288 g/mol. The topological polar surface area (TPSA) is 114 Å². The van der Waals surface area contributed by atoms with Crippen LogP contribution in [0.3, 0.4) is 0 Å². The SMILES string of the molecule is Cn1cc(NS(=O)(=O)c2scnc2C(=O)O)cn1. The van der Waals surface area contributed by atoms with Crippen molar-refractivity contribution in [2.75, 3.05) is 4.72 Å². The molecule has 2 heterocycles. The minimum absolute atomic E-state index is 0.252. The van der Waals surface area contributed by atoms with E-state index in [-0.39, 0.29) is 9.90 Å². The Bertz CT molecular complexity index is 688. The van der Waals surface area contributed by atoms with Crippen LogP contribution in [0.4, 0.5) is 5.69 Å². The predicted molar refractivity (Wildman–Crippen MR) is 63.1 cm³/mol. The van der Waals surface area contributed by atoms with Gasteiger partial charge in [-0.1, -0.05) is 0 Å². The molecule has 0 bridgehead atoms. The van der Waals surface area contributed by atoms with Crippen molar-refractivity contribution in [2.24, 2.45) is 7.05 Å². The lowest BCUT2D eigenvalue weighted by atomic mass is 10.5. The molecule has 0 aliphatic carbocycles. The van der Waals surface area contributed by atoms with Gasteiger partial charge in [-0.2, -0.15) is 5.10 Å². The molecule has 2 aromatic heterocycles. The van der Waals surface area contributed by atoms with E-state index in [0.717, 1.165) is 11.3 Å². The number of aromatic nitrogens is 3. The van der Waals surface area contributed by atoms with Gasteiger partial charge in [0.05, 0.1) is 17.4 Å². The number of hydrogen-bond donors (Lipinski definition) is 2. The number of nitrogens with zero attached hydrogens (tertiary/aromatic N) is 3. The van der Waals surface area contributed by atoms with E-state index in [1.54, 1.807) is 7.05 Å². The maximum absolute atomic E-state index is 12.0. The maximum atomic E-state index is 12.0. The van der Waals surface area contributed by atoms with Crippen LogP contribution >= 0.6 is 11.3 Å². The average Bonchev–Trinajstić information content (AvgIpc) is 2.86. The van der Waals surface area contributed by atoms with Crippen molar-refractivity contribution >= 4 is 33.0 Å². The summed E-state index contributed by atoms with van der Waals surface area (Å²) in [6, 6.07) is 0. The molecule has 0 amide bonds. The minimum Gasteiger partial charge on any atom is -0.476 e. The maximum Gasteiger partial charge on any atom is 0.356 e. The number of thiazole rings is 1. The van der Waals surface area contributed by atoms with Crippen molar-refractivity contribution in [2.45, 2.75) is 4.21 Å². The van der Waals surface area contributed by atoms with E-state index >= 15 is 0 Å². The molecule has 0 unspecified atom stereocenters. The Kier molecular flexibility index (Phi) is 3.05. The summed E-state index contributed by atoms with van der Waals surface area (Å²) in [5.41, 5.74) is 0.931. The summed E-state index contributed by atoms with van der Waals surface area (Å²) in [6.07, 6.45) is 2.78. The zero-order valence-electron chi connectivity index (χ0n) is 9.06. The Morgan fingerprint density at radius 3 is 2.83 bits per heavy atom. The van der Waals surface area contributed by atoms with Crippen molar-refractivity contribution in [3.63, 3.8) is 0 Å². The molecule has 0 aliphatic rings. The Labute approximate surface area is 106 Å². The van der Waals surface area contributed by atoms with Gasteiger partial charge in [0.2, 0.25) is 0 Å². The van der Waals surface area contributed by atoms with Gasteiger partial charge < -0.3 is 5.11 Å². The fourth-order valence-electron chi connectivity index (χ4n) is 1.24. The molecule has 0 atom stereocenters. The third-order valence-corrected chi connectivity index (χ3v) is 4.69. The van der Waals surface area contributed by atoms with Crippen LogP contribution in [0.5, 0.6) is 0 Å². The van der Waals surface area contributed by atoms with Crippen LogP contribution in [0.2, 0.25) is 0 Å². The lowest BCUT2D eigenvalue weighted by Crippen LogP contribution is -2.15. The Hall–Kier alpha value is -1.94. The first-order valence-electron chi connectivity index (χ1n) is 4.58. The smallest absolute Gasteiger partial charge is 0.356 e. The molecule has 0 aromatic carbocycles. The minimum atomic E-state index is -3.96. The van der Waals surface area contributed by atoms with E-state index in [1.165, 1.54) is 22.6 Å². The van der Waals surface area contributed by atoms with Gasteiger partial charge in [-0.3, -0.25) is 9.40 Å². The van der Waals surface area contributed by atoms with E-state index in [1.807, 2.05) is 0 Å². The summed E-state index contributed by atoms with van der Waals surface area (Å²) in [7, 11) is -2.33. The first-order chi connectivity index (χ1) is 8.40. The number of rotatable bonds is 4. The predicted octanol–water partition coefficient (Wildman–Crippen LogP) is 0.376. The average molecular weight is 288 g/mol. The first kappa shape index (κ1) is 12.5. The van der Waals surface area contributed by atoms with Crippen LogP contribution in [0, 0.1) is 0 Å². The van der Waals surface area contributed by atoms with Crippen LogP contribution in [-0.4, -0.2) is 34.3 Å². The molecule has 0 fully saturated rings. The second-order valence-electron chi connectivity index (χ2n) is 3.30. The number of aromatic carboxylic acids is 1. The van der Waals surface area contributed by atoms with Gasteiger partial charge in [0.25, 0.3) is 10.0 Å². The standard InChI is InChI=1S/C8H8N4O4S2/c1-12-3-5(2-10-12)11-18(15,16)8-6(7(13)14)9-4-17-8/h2-4,11H,1H3,(H,13,14). The lowest BCUT2D eigenvalue weighted by Gasteiger charge is -2.03. The molecule has 0 aliphatic heterocycles. The largest absolute Gasteiger partial charge is 0.476 e. The van der Waals surface area contributed by atoms with Crippen LogP contribution in [0.1, 0.15) is 10.5 Å². The number of carbonyl (C=O) groups is 1. The van der Waals surface area contributed by atoms with Crippen molar-refractivity contribution in [1.29, 1.82) is 0 Å². The van der Waals surface area contributed by atoms with Gasteiger partial charge in [0, 0.05) is 13.2 Å². The molecule has 10 heteroatoms. The van der Waals surface area contributed by atoms with Crippen molar-refractivity contribution in [3.8, 4) is 0 Å². The lowest BCUT2D eigenvalue weighted by molar-refractivity contribution is 0.0687. The third-order valence-electron chi connectivity index (χ3n) is 1.94. The summed E-state index contributed by atoms with van der Waals surface area (Å²) < 4.78 is 27.2. The van der Waals surface area contributed by atoms with Gasteiger partial charge in [0.1, 0.15) is 0 Å². The second-order valence-corrected chi connectivity index (χ2v) is 6.03. The van der Waals surface area contributed by atoms with E-state index in [2.05, 4.69) is 14.8 Å². The van der Waals surface area contributed by atoms with Crippen molar-refractivity contribution in [3.05, 3.63) is 23.6 Å².